The van der Waals surface area contributed by atoms with Crippen LogP contribution < -0.4 is 11.1 Å². The van der Waals surface area contributed by atoms with E-state index in [-0.39, 0.29) is 5.54 Å². The molecule has 0 saturated heterocycles. The second-order valence-electron chi connectivity index (χ2n) is 8.17. The summed E-state index contributed by atoms with van der Waals surface area (Å²) in [6, 6.07) is 6.46. The Bertz CT molecular complexity index is 1000. The van der Waals surface area contributed by atoms with Crippen molar-refractivity contribution < 1.29 is 0 Å². The molecule has 0 radical (unpaired) electrons. The molecule has 7 heteroatoms. The number of nitrogens with two attached hydrogens (primary N) is 1. The van der Waals surface area contributed by atoms with Crippen LogP contribution in [0, 0.1) is 5.92 Å². The van der Waals surface area contributed by atoms with Gasteiger partial charge in [0, 0.05) is 16.1 Å². The first kappa shape index (κ1) is 18.1. The van der Waals surface area contributed by atoms with E-state index in [0.717, 1.165) is 34.4 Å². The van der Waals surface area contributed by atoms with E-state index in [1.54, 1.807) is 0 Å². The lowest BCUT2D eigenvalue weighted by Gasteiger charge is -2.19. The SMILES string of the molecule is CC[C@H](C)C1Nc2cc(-c3nn(C(C)(C)C)c4ncnc(N)c34)ccc2S1. The molecule has 1 aromatic carbocycles. The lowest BCUT2D eigenvalue weighted by molar-refractivity contribution is 0.367. The van der Waals surface area contributed by atoms with Crippen LogP contribution in [0.1, 0.15) is 41.0 Å². The van der Waals surface area contributed by atoms with Gasteiger partial charge in [0.05, 0.1) is 16.3 Å². The van der Waals surface area contributed by atoms with Gasteiger partial charge in [0.2, 0.25) is 0 Å². The smallest absolute Gasteiger partial charge is 0.164 e. The van der Waals surface area contributed by atoms with E-state index < -0.39 is 0 Å². The predicted octanol–water partition coefficient (Wildman–Crippen LogP) is 4.72. The summed E-state index contributed by atoms with van der Waals surface area (Å²) >= 11 is 1.90. The number of nitrogens with zero attached hydrogens (tertiary/aromatic N) is 4. The van der Waals surface area contributed by atoms with Crippen LogP contribution in [0.25, 0.3) is 22.3 Å². The number of thioether (sulfide) groups is 1. The highest BCUT2D eigenvalue weighted by Gasteiger charge is 2.28. The van der Waals surface area contributed by atoms with Crippen molar-refractivity contribution in [1.82, 2.24) is 19.7 Å². The van der Waals surface area contributed by atoms with E-state index in [0.29, 0.717) is 17.1 Å². The molecular formula is C20H26N6S. The maximum Gasteiger partial charge on any atom is 0.164 e. The van der Waals surface area contributed by atoms with Crippen LogP contribution in [0.5, 0.6) is 0 Å². The minimum absolute atomic E-state index is 0.205. The molecule has 27 heavy (non-hydrogen) atoms. The monoisotopic (exact) mass is 382 g/mol. The van der Waals surface area contributed by atoms with Crippen molar-refractivity contribution in [2.75, 3.05) is 11.1 Å². The van der Waals surface area contributed by atoms with Gasteiger partial charge in [0.15, 0.2) is 5.65 Å². The van der Waals surface area contributed by atoms with Gasteiger partial charge in [-0.1, -0.05) is 38.1 Å². The average molecular weight is 383 g/mol. The van der Waals surface area contributed by atoms with Gasteiger partial charge in [0.25, 0.3) is 0 Å². The zero-order valence-corrected chi connectivity index (χ0v) is 17.3. The third kappa shape index (κ3) is 3.04. The predicted molar refractivity (Wildman–Crippen MR) is 113 cm³/mol. The lowest BCUT2D eigenvalue weighted by atomic mass is 10.1. The first-order valence-electron chi connectivity index (χ1n) is 9.37. The van der Waals surface area contributed by atoms with Crippen LogP contribution in [-0.2, 0) is 5.54 Å². The molecule has 0 fully saturated rings. The normalized spacial score (nSPS) is 17.7. The number of hydrogen-bond donors (Lipinski definition) is 2. The molecule has 2 aromatic heterocycles. The van der Waals surface area contributed by atoms with E-state index in [4.69, 9.17) is 10.8 Å². The van der Waals surface area contributed by atoms with Crippen molar-refractivity contribution in [3.8, 4) is 11.3 Å². The van der Waals surface area contributed by atoms with E-state index in [1.807, 2.05) is 16.4 Å². The maximum atomic E-state index is 6.22. The molecule has 0 bridgehead atoms. The fraction of sp³-hybridized carbons (Fsp3) is 0.450. The summed E-state index contributed by atoms with van der Waals surface area (Å²) in [5.74, 6) is 1.07. The van der Waals surface area contributed by atoms with Gasteiger partial charge in [-0.25, -0.2) is 14.6 Å². The van der Waals surface area contributed by atoms with Gasteiger partial charge in [-0.05, 0) is 38.8 Å². The van der Waals surface area contributed by atoms with Gasteiger partial charge in [0.1, 0.15) is 17.8 Å². The standard InChI is InChI=1S/C20H26N6S/c1-6-11(2)19-24-13-9-12(7-8-14(13)27-19)16-15-17(21)22-10-23-18(15)26(25-16)20(3,4)5/h7-11,19,24H,6H2,1-5H3,(H2,21,22,23)/t11-,19?/m0/s1. The quantitative estimate of drug-likeness (QED) is 0.682. The molecule has 0 spiro atoms. The Morgan fingerprint density at radius 1 is 1.30 bits per heavy atom. The van der Waals surface area contributed by atoms with Crippen molar-refractivity contribution in [2.45, 2.75) is 56.8 Å². The third-order valence-electron chi connectivity index (χ3n) is 5.09. The van der Waals surface area contributed by atoms with Gasteiger partial charge in [-0.3, -0.25) is 0 Å². The van der Waals surface area contributed by atoms with Gasteiger partial charge < -0.3 is 11.1 Å². The second-order valence-corrected chi connectivity index (χ2v) is 9.35. The van der Waals surface area contributed by atoms with Gasteiger partial charge in [-0.15, -0.1) is 0 Å². The third-order valence-corrected chi connectivity index (χ3v) is 6.54. The second kappa shape index (κ2) is 6.41. The number of rotatable bonds is 3. The highest BCUT2D eigenvalue weighted by atomic mass is 32.2. The molecule has 0 amide bonds. The zero-order valence-electron chi connectivity index (χ0n) is 16.4. The van der Waals surface area contributed by atoms with Crippen molar-refractivity contribution in [2.24, 2.45) is 5.92 Å². The van der Waals surface area contributed by atoms with Crippen LogP contribution >= 0.6 is 11.8 Å². The largest absolute Gasteiger partial charge is 0.383 e. The highest BCUT2D eigenvalue weighted by Crippen LogP contribution is 2.44. The maximum absolute atomic E-state index is 6.22. The summed E-state index contributed by atoms with van der Waals surface area (Å²) in [6.07, 6.45) is 2.66. The Hall–Kier alpha value is -2.28. The van der Waals surface area contributed by atoms with E-state index in [1.165, 1.54) is 11.2 Å². The number of fused-ring (bicyclic) bond motifs is 2. The summed E-state index contributed by atoms with van der Waals surface area (Å²) in [6.45, 7) is 10.8. The average Bonchev–Trinajstić information content (AvgIpc) is 3.22. The Balaban J connectivity index is 1.83. The topological polar surface area (TPSA) is 81.7 Å². The zero-order chi connectivity index (χ0) is 19.3. The molecule has 0 saturated carbocycles. The number of benzene rings is 1. The molecule has 2 atom stereocenters. The molecule has 142 valence electrons. The molecule has 1 aliphatic rings. The number of anilines is 2. The number of aromatic nitrogens is 4. The molecule has 1 aliphatic heterocycles. The van der Waals surface area contributed by atoms with Crippen LogP contribution in [0.3, 0.4) is 0 Å². The van der Waals surface area contributed by atoms with Crippen molar-refractivity contribution in [1.29, 1.82) is 0 Å². The molecular weight excluding hydrogens is 356 g/mol. The van der Waals surface area contributed by atoms with Crippen molar-refractivity contribution >= 4 is 34.3 Å². The minimum atomic E-state index is -0.205. The summed E-state index contributed by atoms with van der Waals surface area (Å²) in [5.41, 5.74) is 9.81. The van der Waals surface area contributed by atoms with Crippen LogP contribution in [0.2, 0.25) is 0 Å². The lowest BCUT2D eigenvalue weighted by Crippen LogP contribution is -2.23. The molecule has 3 aromatic rings. The molecule has 0 aliphatic carbocycles. The summed E-state index contributed by atoms with van der Waals surface area (Å²) in [7, 11) is 0. The van der Waals surface area contributed by atoms with Crippen molar-refractivity contribution in [3.63, 3.8) is 0 Å². The molecule has 1 unspecified atom stereocenters. The Morgan fingerprint density at radius 2 is 2.07 bits per heavy atom. The molecule has 3 N–H and O–H groups in total. The summed E-state index contributed by atoms with van der Waals surface area (Å²) in [4.78, 5) is 9.95. The van der Waals surface area contributed by atoms with E-state index in [2.05, 4.69) is 68.1 Å². The fourth-order valence-corrected chi connectivity index (χ4v) is 4.60. The molecule has 6 nitrogen and oxygen atoms in total. The fourth-order valence-electron chi connectivity index (χ4n) is 3.33. The summed E-state index contributed by atoms with van der Waals surface area (Å²) in [5, 5.41) is 9.78. The van der Waals surface area contributed by atoms with Crippen molar-refractivity contribution in [3.05, 3.63) is 24.5 Å². The van der Waals surface area contributed by atoms with Crippen LogP contribution in [0.15, 0.2) is 29.4 Å². The highest BCUT2D eigenvalue weighted by molar-refractivity contribution is 8.00. The Kier molecular flexibility index (Phi) is 4.29. The summed E-state index contributed by atoms with van der Waals surface area (Å²) < 4.78 is 1.94. The van der Waals surface area contributed by atoms with Gasteiger partial charge in [-0.2, -0.15) is 5.10 Å². The van der Waals surface area contributed by atoms with E-state index in [9.17, 15) is 0 Å². The Labute approximate surface area is 164 Å². The minimum Gasteiger partial charge on any atom is -0.383 e. The van der Waals surface area contributed by atoms with Crippen LogP contribution in [-0.4, -0.2) is 25.1 Å². The van der Waals surface area contributed by atoms with E-state index >= 15 is 0 Å². The number of hydrogen-bond acceptors (Lipinski definition) is 6. The number of nitrogen functional groups attached to an aromatic ring is 1. The Morgan fingerprint density at radius 3 is 2.78 bits per heavy atom. The first-order chi connectivity index (χ1) is 12.8. The van der Waals surface area contributed by atoms with Crippen LogP contribution in [0.4, 0.5) is 11.5 Å². The number of nitrogens with one attached hydrogen (secondary N) is 1. The first-order valence-corrected chi connectivity index (χ1v) is 10.2. The van der Waals surface area contributed by atoms with Gasteiger partial charge >= 0.3 is 0 Å². The molecule has 4 rings (SSSR count). The molecule has 3 heterocycles.